The van der Waals surface area contributed by atoms with E-state index in [9.17, 15) is 27.6 Å². The van der Waals surface area contributed by atoms with Crippen molar-refractivity contribution in [2.75, 3.05) is 6.61 Å². The summed E-state index contributed by atoms with van der Waals surface area (Å²) in [6.45, 7) is 1.51. The largest absolute Gasteiger partial charge is 0.462 e. The van der Waals surface area contributed by atoms with Crippen molar-refractivity contribution in [1.82, 2.24) is 9.55 Å². The van der Waals surface area contributed by atoms with Gasteiger partial charge in [-0.05, 0) is 38.0 Å². The molecule has 0 aliphatic heterocycles. The highest BCUT2D eigenvalue weighted by Crippen LogP contribution is 2.49. The standard InChI is InChI=1S/C21H14F3N3O4/c1-2-31-20(30)13-9-27(16-4-3-11(22)7-14(16)23)19-12(17(13)29)8-15(24)18(26-19)21(5-6-21)25-10-28/h3-4,7-9H,2,5-6H2,1H3. The number of benzene rings is 1. The number of fused-ring (bicyclic) bond motifs is 1. The highest BCUT2D eigenvalue weighted by molar-refractivity contribution is 5.93. The van der Waals surface area contributed by atoms with Gasteiger partial charge in [0.1, 0.15) is 39.9 Å². The van der Waals surface area contributed by atoms with Gasteiger partial charge in [0.2, 0.25) is 11.5 Å². The van der Waals surface area contributed by atoms with Crippen molar-refractivity contribution in [2.45, 2.75) is 25.3 Å². The lowest BCUT2D eigenvalue weighted by molar-refractivity contribution is 0.0524. The van der Waals surface area contributed by atoms with Crippen LogP contribution in [0.3, 0.4) is 0 Å². The molecule has 1 aliphatic rings. The second-order valence-corrected chi connectivity index (χ2v) is 6.98. The van der Waals surface area contributed by atoms with Crippen LogP contribution in [0.2, 0.25) is 0 Å². The van der Waals surface area contributed by atoms with Crippen LogP contribution in [-0.4, -0.2) is 28.2 Å². The van der Waals surface area contributed by atoms with Crippen LogP contribution >= 0.6 is 0 Å². The van der Waals surface area contributed by atoms with Gasteiger partial charge < -0.3 is 4.74 Å². The van der Waals surface area contributed by atoms with Crippen molar-refractivity contribution in [1.29, 1.82) is 0 Å². The molecule has 0 amide bonds. The number of hydrogen-bond donors (Lipinski definition) is 0. The third kappa shape index (κ3) is 3.40. The molecular formula is C21H14F3N3O4. The highest BCUT2D eigenvalue weighted by Gasteiger charge is 2.48. The van der Waals surface area contributed by atoms with Gasteiger partial charge in [-0.1, -0.05) is 0 Å². The van der Waals surface area contributed by atoms with E-state index in [0.29, 0.717) is 18.9 Å². The zero-order valence-electron chi connectivity index (χ0n) is 16.1. The Kier molecular flexibility index (Phi) is 4.94. The number of aliphatic imine (C=N–C) groups is 1. The number of halogens is 3. The predicted molar refractivity (Wildman–Crippen MR) is 102 cm³/mol. The first-order valence-electron chi connectivity index (χ1n) is 9.29. The summed E-state index contributed by atoms with van der Waals surface area (Å²) in [7, 11) is 0. The van der Waals surface area contributed by atoms with Gasteiger partial charge >= 0.3 is 5.97 Å². The van der Waals surface area contributed by atoms with E-state index >= 15 is 0 Å². The lowest BCUT2D eigenvalue weighted by Gasteiger charge is -2.16. The normalized spacial score (nSPS) is 14.2. The van der Waals surface area contributed by atoms with Gasteiger partial charge in [-0.25, -0.2) is 27.7 Å². The van der Waals surface area contributed by atoms with Crippen molar-refractivity contribution in [3.8, 4) is 5.69 Å². The molecule has 3 aromatic rings. The number of isocyanates is 1. The van der Waals surface area contributed by atoms with Crippen LogP contribution in [0, 0.1) is 17.5 Å². The molecule has 0 N–H and O–H groups in total. The smallest absolute Gasteiger partial charge is 0.343 e. The van der Waals surface area contributed by atoms with Crippen molar-refractivity contribution in [3.63, 3.8) is 0 Å². The van der Waals surface area contributed by atoms with E-state index in [1.165, 1.54) is 13.0 Å². The van der Waals surface area contributed by atoms with Gasteiger partial charge in [-0.15, -0.1) is 0 Å². The summed E-state index contributed by atoms with van der Waals surface area (Å²) in [5.74, 6) is -3.73. The minimum atomic E-state index is -1.21. The number of ether oxygens (including phenoxy) is 1. The van der Waals surface area contributed by atoms with Crippen molar-refractivity contribution in [2.24, 2.45) is 4.99 Å². The Morgan fingerprint density at radius 2 is 2.00 bits per heavy atom. The van der Waals surface area contributed by atoms with E-state index in [-0.39, 0.29) is 29.0 Å². The lowest BCUT2D eigenvalue weighted by Crippen LogP contribution is -2.23. The molecule has 1 fully saturated rings. The van der Waals surface area contributed by atoms with Gasteiger partial charge in [-0.3, -0.25) is 9.36 Å². The molecule has 0 bridgehead atoms. The molecule has 158 valence electrons. The Morgan fingerprint density at radius 3 is 2.61 bits per heavy atom. The molecule has 2 heterocycles. The van der Waals surface area contributed by atoms with Crippen LogP contribution in [0.1, 0.15) is 35.8 Å². The first-order valence-corrected chi connectivity index (χ1v) is 9.29. The zero-order valence-corrected chi connectivity index (χ0v) is 16.1. The fourth-order valence-corrected chi connectivity index (χ4v) is 3.37. The number of rotatable bonds is 5. The molecular weight excluding hydrogens is 415 g/mol. The summed E-state index contributed by atoms with van der Waals surface area (Å²) >= 11 is 0. The minimum Gasteiger partial charge on any atom is -0.462 e. The maximum atomic E-state index is 14.9. The third-order valence-corrected chi connectivity index (χ3v) is 5.02. The monoisotopic (exact) mass is 429 g/mol. The molecule has 0 radical (unpaired) electrons. The maximum absolute atomic E-state index is 14.9. The van der Waals surface area contributed by atoms with Gasteiger partial charge in [-0.2, -0.15) is 4.99 Å². The molecule has 4 rings (SSSR count). The van der Waals surface area contributed by atoms with E-state index in [1.54, 1.807) is 0 Å². The van der Waals surface area contributed by atoms with Crippen molar-refractivity contribution in [3.05, 3.63) is 69.4 Å². The number of nitrogens with zero attached hydrogens (tertiary/aromatic N) is 3. The Morgan fingerprint density at radius 1 is 1.26 bits per heavy atom. The van der Waals surface area contributed by atoms with Crippen LogP contribution in [0.4, 0.5) is 13.2 Å². The summed E-state index contributed by atoms with van der Waals surface area (Å²) in [6, 6.07) is 3.55. The van der Waals surface area contributed by atoms with Gasteiger partial charge in [0.05, 0.1) is 17.7 Å². The van der Waals surface area contributed by atoms with Crippen LogP contribution < -0.4 is 5.43 Å². The number of esters is 1. The Hall–Kier alpha value is -3.78. The first-order chi connectivity index (χ1) is 14.8. The van der Waals surface area contributed by atoms with E-state index in [1.807, 2.05) is 0 Å². The SMILES string of the molecule is CCOC(=O)c1cn(-c2ccc(F)cc2F)c2nc(C3(N=C=O)CC3)c(F)cc2c1=O. The van der Waals surface area contributed by atoms with E-state index < -0.39 is 40.0 Å². The maximum Gasteiger partial charge on any atom is 0.343 e. The number of hydrogen-bond acceptors (Lipinski definition) is 6. The quantitative estimate of drug-likeness (QED) is 0.353. The molecule has 0 atom stereocenters. The number of carbonyl (C=O) groups excluding carboxylic acids is 2. The van der Waals surface area contributed by atoms with E-state index in [4.69, 9.17) is 4.74 Å². The average molecular weight is 429 g/mol. The predicted octanol–water partition coefficient (Wildman–Crippen LogP) is 3.30. The van der Waals surface area contributed by atoms with Gasteiger partial charge in [0.25, 0.3) is 0 Å². The lowest BCUT2D eigenvalue weighted by atomic mass is 10.1. The summed E-state index contributed by atoms with van der Waals surface area (Å²) in [5.41, 5.74) is -3.17. The number of pyridine rings is 2. The molecule has 31 heavy (non-hydrogen) atoms. The molecule has 7 nitrogen and oxygen atoms in total. The first kappa shape index (κ1) is 20.5. The Bertz CT molecular complexity index is 1340. The summed E-state index contributed by atoms with van der Waals surface area (Å²) in [5, 5.41) is -0.318. The topological polar surface area (TPSA) is 90.6 Å². The Labute approximate surface area is 172 Å². The highest BCUT2D eigenvalue weighted by atomic mass is 19.1. The average Bonchev–Trinajstić information content (AvgIpc) is 3.50. The fraction of sp³-hybridized carbons (Fsp3) is 0.238. The van der Waals surface area contributed by atoms with Gasteiger partial charge in [0, 0.05) is 12.3 Å². The van der Waals surface area contributed by atoms with Crippen LogP contribution in [0.15, 0.2) is 40.2 Å². The zero-order chi connectivity index (χ0) is 22.3. The molecule has 0 spiro atoms. The molecule has 10 heteroatoms. The molecule has 1 saturated carbocycles. The molecule has 1 aromatic carbocycles. The Balaban J connectivity index is 2.09. The summed E-state index contributed by atoms with van der Waals surface area (Å²) in [6.07, 6.45) is 3.08. The second kappa shape index (κ2) is 7.48. The van der Waals surface area contributed by atoms with Crippen LogP contribution in [-0.2, 0) is 15.1 Å². The molecule has 0 unspecified atom stereocenters. The van der Waals surface area contributed by atoms with E-state index in [0.717, 1.165) is 29.0 Å². The molecule has 1 aliphatic carbocycles. The van der Waals surface area contributed by atoms with E-state index in [2.05, 4.69) is 9.98 Å². The van der Waals surface area contributed by atoms with Gasteiger partial charge in [0.15, 0.2) is 0 Å². The molecule has 0 saturated heterocycles. The minimum absolute atomic E-state index is 0.0288. The third-order valence-electron chi connectivity index (χ3n) is 5.02. The van der Waals surface area contributed by atoms with Crippen LogP contribution in [0.5, 0.6) is 0 Å². The second-order valence-electron chi connectivity index (χ2n) is 6.98. The number of carbonyl (C=O) groups is 1. The fourth-order valence-electron chi connectivity index (χ4n) is 3.37. The van der Waals surface area contributed by atoms with Crippen molar-refractivity contribution < 1.29 is 27.5 Å². The summed E-state index contributed by atoms with van der Waals surface area (Å²) < 4.78 is 48.8. The van der Waals surface area contributed by atoms with Crippen LogP contribution in [0.25, 0.3) is 16.7 Å². The number of aromatic nitrogens is 2. The summed E-state index contributed by atoms with van der Waals surface area (Å²) in [4.78, 5) is 43.7. The molecule has 2 aromatic heterocycles. The van der Waals surface area contributed by atoms with Crippen molar-refractivity contribution >= 4 is 23.1 Å².